The lowest BCUT2D eigenvalue weighted by molar-refractivity contribution is 0.463. The minimum atomic E-state index is -4.63. The van der Waals surface area contributed by atoms with Crippen molar-refractivity contribution in [2.45, 2.75) is 10.3 Å². The Balaban J connectivity index is 1.51. The fourth-order valence-corrected chi connectivity index (χ4v) is 16.2. The number of hydrogen-bond donors (Lipinski definition) is 0. The number of rotatable bonds is 14. The summed E-state index contributed by atoms with van der Waals surface area (Å²) in [4.78, 5) is -0.203. The first-order valence-corrected chi connectivity index (χ1v) is 23.6. The highest BCUT2D eigenvalue weighted by molar-refractivity contribution is 7.85. The molecule has 0 aromatic heterocycles. The van der Waals surface area contributed by atoms with Crippen LogP contribution in [0, 0.1) is 0 Å². The van der Waals surface area contributed by atoms with Crippen molar-refractivity contribution in [3.8, 4) is 0 Å². The Morgan fingerprint density at radius 1 is 0.358 bits per heavy atom. The van der Waals surface area contributed by atoms with Gasteiger partial charge in [0, 0.05) is 5.41 Å². The summed E-state index contributed by atoms with van der Waals surface area (Å²) in [7, 11) is -7.30. The van der Waals surface area contributed by atoms with Gasteiger partial charge in [-0.05, 0) is 91.8 Å². The summed E-state index contributed by atoms with van der Waals surface area (Å²) in [5.74, 6) is 0. The van der Waals surface area contributed by atoms with Crippen LogP contribution in [0.3, 0.4) is 0 Å². The van der Waals surface area contributed by atoms with Crippen LogP contribution in [-0.2, 0) is 15.5 Å². The lowest BCUT2D eigenvalue weighted by Gasteiger charge is -2.43. The molecule has 7 aromatic carbocycles. The Morgan fingerprint density at radius 2 is 0.585 bits per heavy atom. The highest BCUT2D eigenvalue weighted by atomic mass is 32.2. The van der Waals surface area contributed by atoms with Gasteiger partial charge in [0.2, 0.25) is 0 Å². The summed E-state index contributed by atoms with van der Waals surface area (Å²) >= 11 is 0. The lowest BCUT2D eigenvalue weighted by atomic mass is 9.86. The smallest absolute Gasteiger partial charge is 0.124 e. The molecule has 0 bridgehead atoms. The maximum atomic E-state index is 12.3. The molecule has 7 heteroatoms. The zero-order valence-corrected chi connectivity index (χ0v) is 32.7. The topological polar surface area (TPSA) is 57.2 Å². The van der Waals surface area contributed by atoms with E-state index in [1.54, 1.807) is 0 Å². The zero-order chi connectivity index (χ0) is 36.5. The molecule has 0 aliphatic heterocycles. The number of benzene rings is 7. The second-order valence-corrected chi connectivity index (χ2v) is 21.0. The predicted molar refractivity (Wildman–Crippen MR) is 228 cm³/mol. The largest absolute Gasteiger partial charge is 0.744 e. The summed E-state index contributed by atoms with van der Waals surface area (Å²) in [5, 5.41) is 7.77. The fraction of sp³-hybridized carbons (Fsp3) is 0.0870. The Kier molecular flexibility index (Phi) is 12.1. The normalized spacial score (nSPS) is 12.0. The van der Waals surface area contributed by atoms with Crippen molar-refractivity contribution in [1.29, 1.82) is 0 Å². The lowest BCUT2D eigenvalue weighted by Crippen LogP contribution is -2.42. The molecule has 7 rings (SSSR count). The summed E-state index contributed by atoms with van der Waals surface area (Å²) in [5.41, 5.74) is 0.597. The van der Waals surface area contributed by atoms with Crippen molar-refractivity contribution in [1.82, 2.24) is 0 Å². The maximum Gasteiger partial charge on any atom is 0.124 e. The van der Waals surface area contributed by atoms with Gasteiger partial charge < -0.3 is 4.55 Å². The van der Waals surface area contributed by atoms with Crippen LogP contribution >= 0.6 is 23.8 Å². The highest BCUT2D eigenvalue weighted by Crippen LogP contribution is 2.53. The van der Waals surface area contributed by atoms with Gasteiger partial charge in [-0.25, -0.2) is 8.42 Å². The first-order chi connectivity index (χ1) is 25.9. The first kappa shape index (κ1) is 37.1. The monoisotopic (exact) mass is 765 g/mol. The standard InChI is InChI=1S/C46H41O3P3S/c47-53(48,49)45-33-31-38(32-34-45)46(35-50(39-19-7-1-8-20-39)40-21-9-2-10-22-40,36-51(41-23-11-3-12-24-41)42-25-13-4-14-26-42)37-52(43-27-15-5-16-28-43)44-29-17-6-18-30-44/h1-34H,35-37H2,(H,47,48,49)/p-1. The van der Waals surface area contributed by atoms with E-state index in [1.807, 2.05) is 12.1 Å². The van der Waals surface area contributed by atoms with Crippen LogP contribution in [0.5, 0.6) is 0 Å². The quantitative estimate of drug-likeness (QED) is 0.0829. The molecule has 264 valence electrons. The predicted octanol–water partition coefficient (Wildman–Crippen LogP) is 8.23. The molecule has 0 atom stereocenters. The fourth-order valence-electron chi connectivity index (χ4n) is 6.95. The highest BCUT2D eigenvalue weighted by Gasteiger charge is 2.41. The van der Waals surface area contributed by atoms with Crippen molar-refractivity contribution >= 4 is 65.7 Å². The van der Waals surface area contributed by atoms with Gasteiger partial charge in [-0.2, -0.15) is 0 Å². The molecule has 0 radical (unpaired) electrons. The van der Waals surface area contributed by atoms with Crippen molar-refractivity contribution in [2.75, 3.05) is 18.5 Å². The third-order valence-electron chi connectivity index (χ3n) is 9.54. The van der Waals surface area contributed by atoms with Crippen molar-refractivity contribution in [3.63, 3.8) is 0 Å². The first-order valence-electron chi connectivity index (χ1n) is 17.6. The zero-order valence-electron chi connectivity index (χ0n) is 29.2. The minimum Gasteiger partial charge on any atom is -0.744 e. The second-order valence-electron chi connectivity index (χ2n) is 13.0. The molecular formula is C46H40O3P3S-. The third-order valence-corrected chi connectivity index (χ3v) is 18.7. The molecular weight excluding hydrogens is 725 g/mol. The van der Waals surface area contributed by atoms with Crippen LogP contribution in [0.1, 0.15) is 5.56 Å². The van der Waals surface area contributed by atoms with Crippen LogP contribution in [0.2, 0.25) is 0 Å². The summed E-state index contributed by atoms with van der Waals surface area (Å²) in [6, 6.07) is 72.0. The molecule has 0 aliphatic carbocycles. The van der Waals surface area contributed by atoms with Crippen LogP contribution in [-0.4, -0.2) is 31.5 Å². The maximum absolute atomic E-state index is 12.3. The van der Waals surface area contributed by atoms with E-state index < -0.39 is 39.3 Å². The number of hydrogen-bond acceptors (Lipinski definition) is 3. The molecule has 53 heavy (non-hydrogen) atoms. The SMILES string of the molecule is O=S(=O)([O-])c1ccc(C(CP(c2ccccc2)c2ccccc2)(CP(c2ccccc2)c2ccccc2)CP(c2ccccc2)c2ccccc2)cc1. The van der Waals surface area contributed by atoms with Crippen molar-refractivity contribution < 1.29 is 13.0 Å². The van der Waals surface area contributed by atoms with Gasteiger partial charge in [0.05, 0.1) is 4.90 Å². The average Bonchev–Trinajstić information content (AvgIpc) is 3.22. The Morgan fingerprint density at radius 3 is 0.792 bits per heavy atom. The van der Waals surface area contributed by atoms with Gasteiger partial charge in [-0.15, -0.1) is 0 Å². The molecule has 0 N–H and O–H groups in total. The Bertz CT molecular complexity index is 1950. The van der Waals surface area contributed by atoms with Gasteiger partial charge in [0.15, 0.2) is 0 Å². The molecule has 0 heterocycles. The molecule has 3 nitrogen and oxygen atoms in total. The van der Waals surface area contributed by atoms with E-state index in [2.05, 4.69) is 182 Å². The second kappa shape index (κ2) is 17.3. The van der Waals surface area contributed by atoms with Crippen LogP contribution in [0.4, 0.5) is 0 Å². The van der Waals surface area contributed by atoms with Crippen LogP contribution in [0.15, 0.2) is 211 Å². The third kappa shape index (κ3) is 9.10. The summed E-state index contributed by atoms with van der Waals surface area (Å²) in [6.45, 7) is 0. The van der Waals surface area contributed by atoms with Crippen LogP contribution < -0.4 is 31.8 Å². The van der Waals surface area contributed by atoms with E-state index in [-0.39, 0.29) is 4.90 Å². The van der Waals surface area contributed by atoms with Crippen molar-refractivity contribution in [2.24, 2.45) is 0 Å². The molecule has 0 spiro atoms. The molecule has 0 saturated carbocycles. The van der Waals surface area contributed by atoms with E-state index in [4.69, 9.17) is 0 Å². The van der Waals surface area contributed by atoms with Gasteiger partial charge in [0.25, 0.3) is 0 Å². The van der Waals surface area contributed by atoms with Gasteiger partial charge >= 0.3 is 0 Å². The summed E-state index contributed by atoms with van der Waals surface area (Å²) < 4.78 is 36.9. The van der Waals surface area contributed by atoms with Crippen molar-refractivity contribution in [3.05, 3.63) is 212 Å². The molecule has 7 aromatic rings. The Labute approximate surface area is 317 Å². The van der Waals surface area contributed by atoms with Gasteiger partial charge in [-0.1, -0.05) is 194 Å². The summed E-state index contributed by atoms with van der Waals surface area (Å²) in [6.07, 6.45) is 2.49. The van der Waals surface area contributed by atoms with Gasteiger partial charge in [-0.3, -0.25) is 0 Å². The van der Waals surface area contributed by atoms with E-state index in [0.717, 1.165) is 24.0 Å². The molecule has 0 aliphatic rings. The average molecular weight is 766 g/mol. The molecule has 0 unspecified atom stereocenters. The molecule has 0 fully saturated rings. The van der Waals surface area contributed by atoms with E-state index in [9.17, 15) is 13.0 Å². The van der Waals surface area contributed by atoms with E-state index in [1.165, 1.54) is 44.0 Å². The molecule has 0 saturated heterocycles. The van der Waals surface area contributed by atoms with Gasteiger partial charge in [0.1, 0.15) is 10.1 Å². The minimum absolute atomic E-state index is 0.203. The van der Waals surface area contributed by atoms with Crippen LogP contribution in [0.25, 0.3) is 0 Å². The molecule has 0 amide bonds. The Hall–Kier alpha value is -4.26. The van der Waals surface area contributed by atoms with E-state index in [0.29, 0.717) is 0 Å². The van der Waals surface area contributed by atoms with E-state index >= 15 is 0 Å².